The van der Waals surface area contributed by atoms with Crippen LogP contribution in [0.3, 0.4) is 0 Å². The molecule has 0 N–H and O–H groups in total. The standard InChI is InChI=1S/C15H19N3O5S2/c1-10-6-7-11(2)13(9-10)25(21,22)18-8-4-5-12(18)14-16-17-15(23-14)24(3,19)20/h6-7,9,12H,4-5,8H2,1-3H3/t12-/m0/s1. The highest BCUT2D eigenvalue weighted by molar-refractivity contribution is 7.90. The molecule has 1 aromatic carbocycles. The molecule has 0 unspecified atom stereocenters. The number of hydrogen-bond donors (Lipinski definition) is 0. The smallest absolute Gasteiger partial charge is 0.335 e. The maximum atomic E-state index is 13.1. The Kier molecular flexibility index (Phi) is 4.46. The summed E-state index contributed by atoms with van der Waals surface area (Å²) in [6.07, 6.45) is 2.09. The first kappa shape index (κ1) is 18.0. The number of hydrogen-bond acceptors (Lipinski definition) is 7. The highest BCUT2D eigenvalue weighted by Gasteiger charge is 2.40. The van der Waals surface area contributed by atoms with Crippen LogP contribution in [0.2, 0.25) is 0 Å². The first-order chi connectivity index (χ1) is 11.6. The normalized spacial score (nSPS) is 19.4. The van der Waals surface area contributed by atoms with Crippen molar-refractivity contribution in [1.82, 2.24) is 14.5 Å². The average molecular weight is 385 g/mol. The van der Waals surface area contributed by atoms with Crippen molar-refractivity contribution in [3.63, 3.8) is 0 Å². The van der Waals surface area contributed by atoms with Crippen LogP contribution in [-0.4, -0.2) is 44.1 Å². The van der Waals surface area contributed by atoms with Gasteiger partial charge in [0.15, 0.2) is 0 Å². The summed E-state index contributed by atoms with van der Waals surface area (Å²) in [5.74, 6) is 0.00630. The van der Waals surface area contributed by atoms with E-state index in [1.54, 1.807) is 19.1 Å². The van der Waals surface area contributed by atoms with Crippen molar-refractivity contribution >= 4 is 19.9 Å². The van der Waals surface area contributed by atoms with Crippen LogP contribution in [-0.2, 0) is 19.9 Å². The molecule has 0 saturated carbocycles. The van der Waals surface area contributed by atoms with Gasteiger partial charge in [0.2, 0.25) is 25.8 Å². The summed E-state index contributed by atoms with van der Waals surface area (Å²) in [7, 11) is -7.40. The van der Waals surface area contributed by atoms with Gasteiger partial charge in [-0.3, -0.25) is 0 Å². The Morgan fingerprint density at radius 1 is 1.16 bits per heavy atom. The van der Waals surface area contributed by atoms with Gasteiger partial charge in [0.25, 0.3) is 0 Å². The van der Waals surface area contributed by atoms with E-state index in [0.717, 1.165) is 11.8 Å². The molecule has 8 nitrogen and oxygen atoms in total. The molecule has 0 spiro atoms. The first-order valence-electron chi connectivity index (χ1n) is 7.73. The lowest BCUT2D eigenvalue weighted by molar-refractivity contribution is 0.303. The van der Waals surface area contributed by atoms with Crippen LogP contribution in [0.1, 0.15) is 35.9 Å². The highest BCUT2D eigenvalue weighted by atomic mass is 32.2. The molecule has 136 valence electrons. The SMILES string of the molecule is Cc1ccc(C)c(S(=O)(=O)N2CCC[C@H]2c2nnc(S(C)(=O)=O)o2)c1. The molecule has 1 atom stereocenters. The Morgan fingerprint density at radius 3 is 2.52 bits per heavy atom. The van der Waals surface area contributed by atoms with Gasteiger partial charge < -0.3 is 4.42 Å². The van der Waals surface area contributed by atoms with Crippen molar-refractivity contribution in [3.05, 3.63) is 35.2 Å². The van der Waals surface area contributed by atoms with Gasteiger partial charge in [0.05, 0.1) is 4.90 Å². The Bertz CT molecular complexity index is 1010. The number of sulfonamides is 1. The van der Waals surface area contributed by atoms with E-state index in [4.69, 9.17) is 4.42 Å². The van der Waals surface area contributed by atoms with E-state index in [0.29, 0.717) is 24.9 Å². The van der Waals surface area contributed by atoms with Crippen molar-refractivity contribution < 1.29 is 21.3 Å². The predicted octanol–water partition coefficient (Wildman–Crippen LogP) is 1.62. The maximum absolute atomic E-state index is 13.1. The fraction of sp³-hybridized carbons (Fsp3) is 0.467. The predicted molar refractivity (Wildman–Crippen MR) is 89.2 cm³/mol. The van der Waals surface area contributed by atoms with Crippen molar-refractivity contribution in [2.45, 2.75) is 42.8 Å². The zero-order valence-corrected chi connectivity index (χ0v) is 15.8. The molecule has 1 saturated heterocycles. The summed E-state index contributed by atoms with van der Waals surface area (Å²) in [5, 5.41) is 6.79. The summed E-state index contributed by atoms with van der Waals surface area (Å²) < 4.78 is 55.8. The van der Waals surface area contributed by atoms with Crippen LogP contribution in [0, 0.1) is 13.8 Å². The monoisotopic (exact) mass is 385 g/mol. The van der Waals surface area contributed by atoms with Crippen LogP contribution >= 0.6 is 0 Å². The third kappa shape index (κ3) is 3.33. The van der Waals surface area contributed by atoms with Crippen molar-refractivity contribution in [3.8, 4) is 0 Å². The largest absolute Gasteiger partial charge is 0.411 e. The molecular weight excluding hydrogens is 366 g/mol. The summed E-state index contributed by atoms with van der Waals surface area (Å²) in [5.41, 5.74) is 1.50. The van der Waals surface area contributed by atoms with E-state index in [9.17, 15) is 16.8 Å². The van der Waals surface area contributed by atoms with Crippen LogP contribution < -0.4 is 0 Å². The zero-order valence-electron chi connectivity index (χ0n) is 14.1. The number of rotatable bonds is 4. The van der Waals surface area contributed by atoms with Gasteiger partial charge >= 0.3 is 5.22 Å². The van der Waals surface area contributed by atoms with Crippen LogP contribution in [0.5, 0.6) is 0 Å². The van der Waals surface area contributed by atoms with E-state index in [1.807, 2.05) is 13.0 Å². The third-order valence-corrected chi connectivity index (χ3v) is 7.01. The highest BCUT2D eigenvalue weighted by Crippen LogP contribution is 2.37. The molecule has 1 fully saturated rings. The number of aryl methyl sites for hydroxylation is 2. The van der Waals surface area contributed by atoms with Gasteiger partial charge in [-0.05, 0) is 43.9 Å². The van der Waals surface area contributed by atoms with E-state index < -0.39 is 31.1 Å². The van der Waals surface area contributed by atoms with Gasteiger partial charge in [0, 0.05) is 12.8 Å². The quantitative estimate of drug-likeness (QED) is 0.786. The summed E-state index contributed by atoms with van der Waals surface area (Å²) in [6, 6.07) is 4.59. The molecule has 10 heteroatoms. The molecule has 1 aromatic heterocycles. The van der Waals surface area contributed by atoms with Crippen molar-refractivity contribution in [2.24, 2.45) is 0 Å². The fourth-order valence-corrected chi connectivity index (χ4v) is 5.28. The minimum Gasteiger partial charge on any atom is -0.411 e. The van der Waals surface area contributed by atoms with Crippen LogP contribution in [0.4, 0.5) is 0 Å². The Balaban J connectivity index is 2.01. The van der Waals surface area contributed by atoms with Gasteiger partial charge in [-0.15, -0.1) is 5.10 Å². The zero-order chi connectivity index (χ0) is 18.4. The molecule has 2 aromatic rings. The third-order valence-electron chi connectivity index (χ3n) is 4.16. The van der Waals surface area contributed by atoms with E-state index in [-0.39, 0.29) is 10.8 Å². The number of sulfone groups is 1. The van der Waals surface area contributed by atoms with Crippen LogP contribution in [0.25, 0.3) is 0 Å². The van der Waals surface area contributed by atoms with Gasteiger partial charge in [-0.1, -0.05) is 17.2 Å². The molecule has 1 aliphatic rings. The summed E-state index contributed by atoms with van der Waals surface area (Å²) >= 11 is 0. The van der Waals surface area contributed by atoms with Gasteiger partial charge in [0.1, 0.15) is 6.04 Å². The molecule has 2 heterocycles. The molecule has 1 aliphatic heterocycles. The Morgan fingerprint density at radius 2 is 1.88 bits per heavy atom. The molecule has 0 aliphatic carbocycles. The minimum atomic E-state index is -3.76. The lowest BCUT2D eigenvalue weighted by atomic mass is 10.2. The average Bonchev–Trinajstić information content (AvgIpc) is 3.16. The fourth-order valence-electron chi connectivity index (χ4n) is 2.89. The van der Waals surface area contributed by atoms with Crippen LogP contribution in [0.15, 0.2) is 32.7 Å². The molecule has 0 bridgehead atoms. The van der Waals surface area contributed by atoms with Crippen molar-refractivity contribution in [1.29, 1.82) is 0 Å². The van der Waals surface area contributed by atoms with E-state index >= 15 is 0 Å². The molecule has 25 heavy (non-hydrogen) atoms. The summed E-state index contributed by atoms with van der Waals surface area (Å²) in [4.78, 5) is 0.238. The molecular formula is C15H19N3O5S2. The van der Waals surface area contributed by atoms with E-state index in [1.165, 1.54) is 4.31 Å². The molecule has 0 radical (unpaired) electrons. The minimum absolute atomic E-state index is 0.00630. The second kappa shape index (κ2) is 6.19. The number of nitrogens with zero attached hydrogens (tertiary/aromatic N) is 3. The number of aromatic nitrogens is 2. The Hall–Kier alpha value is -1.78. The maximum Gasteiger partial charge on any atom is 0.335 e. The van der Waals surface area contributed by atoms with Gasteiger partial charge in [-0.2, -0.15) is 4.31 Å². The van der Waals surface area contributed by atoms with Crippen molar-refractivity contribution in [2.75, 3.05) is 12.8 Å². The summed E-state index contributed by atoms with van der Waals surface area (Å²) in [6.45, 7) is 3.89. The first-order valence-corrected chi connectivity index (χ1v) is 11.1. The van der Waals surface area contributed by atoms with Gasteiger partial charge in [-0.25, -0.2) is 16.8 Å². The lowest BCUT2D eigenvalue weighted by Crippen LogP contribution is -2.31. The number of benzene rings is 1. The Labute approximate surface area is 146 Å². The molecule has 0 amide bonds. The molecule has 3 rings (SSSR count). The second-order valence-electron chi connectivity index (χ2n) is 6.22. The topological polar surface area (TPSA) is 110 Å². The lowest BCUT2D eigenvalue weighted by Gasteiger charge is -2.22. The second-order valence-corrected chi connectivity index (χ2v) is 9.97. The van der Waals surface area contributed by atoms with E-state index in [2.05, 4.69) is 10.2 Å².